The maximum Gasteiger partial charge on any atom is 0.142 e. The number of ether oxygens (including phenoxy) is 1. The average Bonchev–Trinajstić information content (AvgIpc) is 2.28. The Bertz CT molecular complexity index is 392. The lowest BCUT2D eigenvalue weighted by atomic mass is 9.93. The molecule has 92 valence electrons. The number of carbonyl (C=O) groups is 1. The average molecular weight is 240 g/mol. The molecule has 1 atom stereocenters. The van der Waals surface area contributed by atoms with Gasteiger partial charge in [-0.3, -0.25) is 4.79 Å². The number of carbonyl (C=O) groups excluding carboxylic acids is 1. The quantitative estimate of drug-likeness (QED) is 0.811. The van der Waals surface area contributed by atoms with Crippen LogP contribution in [-0.2, 0) is 16.0 Å². The van der Waals surface area contributed by atoms with Crippen molar-refractivity contribution in [2.24, 2.45) is 5.92 Å². The molecular formula is C13H14F2O2. The Morgan fingerprint density at radius 3 is 2.59 bits per heavy atom. The fraction of sp³-hybridized carbons (Fsp3) is 0.462. The highest BCUT2D eigenvalue weighted by Crippen LogP contribution is 2.17. The zero-order chi connectivity index (χ0) is 12.3. The van der Waals surface area contributed by atoms with Gasteiger partial charge in [0, 0.05) is 25.0 Å². The summed E-state index contributed by atoms with van der Waals surface area (Å²) in [4.78, 5) is 11.9. The molecule has 0 aromatic heterocycles. The van der Waals surface area contributed by atoms with E-state index in [4.69, 9.17) is 4.74 Å². The predicted octanol–water partition coefficient (Wildman–Crippen LogP) is 2.50. The van der Waals surface area contributed by atoms with Gasteiger partial charge in [-0.2, -0.15) is 0 Å². The van der Waals surface area contributed by atoms with Gasteiger partial charge < -0.3 is 4.74 Å². The van der Waals surface area contributed by atoms with Gasteiger partial charge in [0.1, 0.15) is 17.4 Å². The number of ketones is 1. The second kappa shape index (κ2) is 5.36. The molecule has 0 N–H and O–H groups in total. The molecule has 2 nitrogen and oxygen atoms in total. The number of halogens is 2. The monoisotopic (exact) mass is 240 g/mol. The molecule has 0 spiro atoms. The molecule has 1 aromatic carbocycles. The third-order valence-corrected chi connectivity index (χ3v) is 2.92. The number of hydrogen-bond acceptors (Lipinski definition) is 2. The van der Waals surface area contributed by atoms with Crippen LogP contribution in [0.15, 0.2) is 18.2 Å². The van der Waals surface area contributed by atoms with E-state index in [9.17, 15) is 13.6 Å². The van der Waals surface area contributed by atoms with Crippen LogP contribution in [0.2, 0.25) is 0 Å². The molecule has 1 aromatic rings. The van der Waals surface area contributed by atoms with Gasteiger partial charge in [0.2, 0.25) is 0 Å². The third-order valence-electron chi connectivity index (χ3n) is 2.92. The zero-order valence-electron chi connectivity index (χ0n) is 9.42. The largest absolute Gasteiger partial charge is 0.381 e. The van der Waals surface area contributed by atoms with Crippen molar-refractivity contribution >= 4 is 5.78 Å². The molecule has 1 unspecified atom stereocenters. The zero-order valence-corrected chi connectivity index (χ0v) is 9.42. The van der Waals surface area contributed by atoms with Gasteiger partial charge in [0.25, 0.3) is 0 Å². The fourth-order valence-electron chi connectivity index (χ4n) is 2.05. The first kappa shape index (κ1) is 12.2. The standard InChI is InChI=1S/C13H14F2O2/c14-11-4-9(5-12(15)7-11)6-13(16)10-2-1-3-17-8-10/h4-5,7,10H,1-3,6,8H2. The molecule has 0 saturated carbocycles. The summed E-state index contributed by atoms with van der Waals surface area (Å²) in [5, 5.41) is 0. The molecule has 0 radical (unpaired) electrons. The second-order valence-electron chi connectivity index (χ2n) is 4.33. The van der Waals surface area contributed by atoms with Crippen LogP contribution in [0.3, 0.4) is 0 Å². The number of Topliss-reactive ketones (excluding diaryl/α,β-unsaturated/α-hetero) is 1. The lowest BCUT2D eigenvalue weighted by Crippen LogP contribution is -2.26. The summed E-state index contributed by atoms with van der Waals surface area (Å²) >= 11 is 0. The summed E-state index contributed by atoms with van der Waals surface area (Å²) < 4.78 is 31.1. The van der Waals surface area contributed by atoms with Crippen LogP contribution in [0, 0.1) is 17.6 Å². The van der Waals surface area contributed by atoms with Crippen LogP contribution in [-0.4, -0.2) is 19.0 Å². The van der Waals surface area contributed by atoms with Gasteiger partial charge in [-0.1, -0.05) is 0 Å². The second-order valence-corrected chi connectivity index (χ2v) is 4.33. The third kappa shape index (κ3) is 3.33. The van der Waals surface area contributed by atoms with Crippen molar-refractivity contribution in [2.75, 3.05) is 13.2 Å². The molecule has 0 amide bonds. The van der Waals surface area contributed by atoms with Gasteiger partial charge in [-0.05, 0) is 30.5 Å². The number of hydrogen-bond donors (Lipinski definition) is 0. The minimum Gasteiger partial charge on any atom is -0.381 e. The van der Waals surface area contributed by atoms with Gasteiger partial charge in [0.15, 0.2) is 0 Å². The lowest BCUT2D eigenvalue weighted by Gasteiger charge is -2.20. The fourth-order valence-corrected chi connectivity index (χ4v) is 2.05. The summed E-state index contributed by atoms with van der Waals surface area (Å²) in [7, 11) is 0. The Morgan fingerprint density at radius 1 is 1.29 bits per heavy atom. The molecule has 2 rings (SSSR count). The SMILES string of the molecule is O=C(Cc1cc(F)cc(F)c1)C1CCCOC1. The van der Waals surface area contributed by atoms with Crippen molar-refractivity contribution in [3.8, 4) is 0 Å². The highest BCUT2D eigenvalue weighted by molar-refractivity contribution is 5.83. The number of rotatable bonds is 3. The van der Waals surface area contributed by atoms with Crippen LogP contribution in [0.4, 0.5) is 8.78 Å². The van der Waals surface area contributed by atoms with Crippen LogP contribution in [0.5, 0.6) is 0 Å². The van der Waals surface area contributed by atoms with Crippen molar-refractivity contribution in [1.82, 2.24) is 0 Å². The molecular weight excluding hydrogens is 226 g/mol. The van der Waals surface area contributed by atoms with Gasteiger partial charge in [-0.25, -0.2) is 8.78 Å². The Labute approximate surface area is 98.6 Å². The summed E-state index contributed by atoms with van der Waals surface area (Å²) in [6, 6.07) is 3.20. The Kier molecular flexibility index (Phi) is 3.84. The van der Waals surface area contributed by atoms with E-state index in [-0.39, 0.29) is 18.1 Å². The molecule has 4 heteroatoms. The molecule has 1 aliphatic heterocycles. The minimum absolute atomic E-state index is 0.00491. The highest BCUT2D eigenvalue weighted by atomic mass is 19.1. The van der Waals surface area contributed by atoms with Crippen LogP contribution >= 0.6 is 0 Å². The van der Waals surface area contributed by atoms with Gasteiger partial charge in [0.05, 0.1) is 6.61 Å². The first-order valence-electron chi connectivity index (χ1n) is 5.70. The van der Waals surface area contributed by atoms with Crippen molar-refractivity contribution < 1.29 is 18.3 Å². The normalized spacial score (nSPS) is 20.2. The van der Waals surface area contributed by atoms with Crippen molar-refractivity contribution in [3.63, 3.8) is 0 Å². The van der Waals surface area contributed by atoms with Crippen LogP contribution < -0.4 is 0 Å². The van der Waals surface area contributed by atoms with E-state index in [2.05, 4.69) is 0 Å². The molecule has 17 heavy (non-hydrogen) atoms. The van der Waals surface area contributed by atoms with E-state index in [1.54, 1.807) is 0 Å². The van der Waals surface area contributed by atoms with E-state index in [1.807, 2.05) is 0 Å². The van der Waals surface area contributed by atoms with Crippen LogP contribution in [0.25, 0.3) is 0 Å². The smallest absolute Gasteiger partial charge is 0.142 e. The van der Waals surface area contributed by atoms with Crippen molar-refractivity contribution in [3.05, 3.63) is 35.4 Å². The molecule has 0 aliphatic carbocycles. The molecule has 1 heterocycles. The minimum atomic E-state index is -0.646. The lowest BCUT2D eigenvalue weighted by molar-refractivity contribution is -0.126. The highest BCUT2D eigenvalue weighted by Gasteiger charge is 2.21. The summed E-state index contributed by atoms with van der Waals surface area (Å²) in [6.07, 6.45) is 1.74. The van der Waals surface area contributed by atoms with Gasteiger partial charge >= 0.3 is 0 Å². The van der Waals surface area contributed by atoms with Crippen molar-refractivity contribution in [1.29, 1.82) is 0 Å². The van der Waals surface area contributed by atoms with E-state index < -0.39 is 11.6 Å². The molecule has 1 aliphatic rings. The van der Waals surface area contributed by atoms with E-state index in [1.165, 1.54) is 12.1 Å². The van der Waals surface area contributed by atoms with Crippen LogP contribution in [0.1, 0.15) is 18.4 Å². The molecule has 0 bridgehead atoms. The number of benzene rings is 1. The van der Waals surface area contributed by atoms with Crippen molar-refractivity contribution in [2.45, 2.75) is 19.3 Å². The van der Waals surface area contributed by atoms with E-state index in [0.29, 0.717) is 18.8 Å². The molecule has 1 saturated heterocycles. The van der Waals surface area contributed by atoms with Gasteiger partial charge in [-0.15, -0.1) is 0 Å². The maximum absolute atomic E-state index is 12.9. The Hall–Kier alpha value is -1.29. The summed E-state index contributed by atoms with van der Waals surface area (Å²) in [5.41, 5.74) is 0.387. The molecule has 1 fully saturated rings. The topological polar surface area (TPSA) is 26.3 Å². The Morgan fingerprint density at radius 2 is 2.00 bits per heavy atom. The van der Waals surface area contributed by atoms with E-state index in [0.717, 1.165) is 18.9 Å². The summed E-state index contributed by atoms with van der Waals surface area (Å²) in [6.45, 7) is 1.12. The first-order chi connectivity index (χ1) is 8.15. The summed E-state index contributed by atoms with van der Waals surface area (Å²) in [5.74, 6) is -1.43. The Balaban J connectivity index is 2.01. The maximum atomic E-state index is 12.9. The first-order valence-corrected chi connectivity index (χ1v) is 5.70. The predicted molar refractivity (Wildman–Crippen MR) is 58.6 cm³/mol. The van der Waals surface area contributed by atoms with E-state index >= 15 is 0 Å².